The minimum atomic E-state index is -3.66. The Labute approximate surface area is 185 Å². The van der Waals surface area contributed by atoms with E-state index < -0.39 is 16.1 Å². The zero-order valence-corrected chi connectivity index (χ0v) is 19.2. The quantitative estimate of drug-likeness (QED) is 0.642. The third kappa shape index (κ3) is 6.21. The molecule has 2 aromatic carbocycles. The Morgan fingerprint density at radius 1 is 1.13 bits per heavy atom. The summed E-state index contributed by atoms with van der Waals surface area (Å²) >= 11 is 0. The zero-order valence-electron chi connectivity index (χ0n) is 18.4. The molecule has 168 valence electrons. The van der Waals surface area contributed by atoms with Crippen LogP contribution < -0.4 is 14.4 Å². The van der Waals surface area contributed by atoms with Crippen LogP contribution in [0.3, 0.4) is 0 Å². The van der Waals surface area contributed by atoms with Crippen molar-refractivity contribution in [2.75, 3.05) is 30.8 Å². The van der Waals surface area contributed by atoms with Crippen molar-refractivity contribution in [1.29, 1.82) is 0 Å². The van der Waals surface area contributed by atoms with Crippen LogP contribution >= 0.6 is 0 Å². The van der Waals surface area contributed by atoms with E-state index >= 15 is 0 Å². The summed E-state index contributed by atoms with van der Waals surface area (Å²) in [5.74, 6) is 0.259. The first-order valence-electron chi connectivity index (χ1n) is 10.5. The summed E-state index contributed by atoms with van der Waals surface area (Å²) in [6.07, 6.45) is 3.60. The number of carbonyl (C=O) groups is 1. The van der Waals surface area contributed by atoms with E-state index in [1.165, 1.54) is 18.4 Å². The Hall–Kier alpha value is -2.58. The van der Waals surface area contributed by atoms with Gasteiger partial charge in [-0.2, -0.15) is 0 Å². The van der Waals surface area contributed by atoms with Crippen LogP contribution in [0.4, 0.5) is 5.69 Å². The lowest BCUT2D eigenvalue weighted by Gasteiger charge is -2.28. The second-order valence-electron chi connectivity index (χ2n) is 7.95. The summed E-state index contributed by atoms with van der Waals surface area (Å²) < 4.78 is 31.1. The molecule has 31 heavy (non-hydrogen) atoms. The lowest BCUT2D eigenvalue weighted by atomic mass is 10.1. The Kier molecular flexibility index (Phi) is 7.56. The highest BCUT2D eigenvalue weighted by Crippen LogP contribution is 2.24. The average molecular weight is 446 g/mol. The van der Waals surface area contributed by atoms with Crippen LogP contribution in [0.15, 0.2) is 48.5 Å². The van der Waals surface area contributed by atoms with Gasteiger partial charge in [-0.15, -0.1) is 0 Å². The van der Waals surface area contributed by atoms with Crippen molar-refractivity contribution in [2.24, 2.45) is 0 Å². The standard InChI is InChI=1S/C23H31N3O4S/c1-18(26(31(3,28)29)21-9-11-22(30-2)12-10-21)23(27)24-16-19-7-6-8-20(15-19)17-25-13-4-5-14-25/h6-12,15,18H,4-5,13-14,16-17H2,1-3H3,(H,24,27)/t18-/m1/s1. The van der Waals surface area contributed by atoms with Crippen molar-refractivity contribution >= 4 is 21.6 Å². The Morgan fingerprint density at radius 3 is 2.39 bits per heavy atom. The summed E-state index contributed by atoms with van der Waals surface area (Å²) in [6, 6.07) is 13.9. The molecule has 1 N–H and O–H groups in total. The average Bonchev–Trinajstić information content (AvgIpc) is 3.25. The predicted molar refractivity (Wildman–Crippen MR) is 123 cm³/mol. The highest BCUT2D eigenvalue weighted by molar-refractivity contribution is 7.92. The maximum absolute atomic E-state index is 12.8. The maximum atomic E-state index is 12.8. The van der Waals surface area contributed by atoms with Crippen LogP contribution in [-0.4, -0.2) is 51.7 Å². The minimum absolute atomic E-state index is 0.344. The molecule has 1 heterocycles. The van der Waals surface area contributed by atoms with Gasteiger partial charge in [0.25, 0.3) is 0 Å². The van der Waals surface area contributed by atoms with E-state index in [2.05, 4.69) is 22.3 Å². The number of amides is 1. The monoisotopic (exact) mass is 445 g/mol. The van der Waals surface area contributed by atoms with E-state index in [9.17, 15) is 13.2 Å². The topological polar surface area (TPSA) is 79.0 Å². The van der Waals surface area contributed by atoms with Gasteiger partial charge in [0.2, 0.25) is 15.9 Å². The van der Waals surface area contributed by atoms with E-state index in [1.807, 2.05) is 12.1 Å². The van der Waals surface area contributed by atoms with Gasteiger partial charge in [0.15, 0.2) is 0 Å². The van der Waals surface area contributed by atoms with Gasteiger partial charge in [-0.05, 0) is 68.2 Å². The summed E-state index contributed by atoms with van der Waals surface area (Å²) in [5, 5.41) is 2.88. The number of ether oxygens (including phenoxy) is 1. The molecule has 1 fully saturated rings. The van der Waals surface area contributed by atoms with Gasteiger partial charge in [0, 0.05) is 13.1 Å². The van der Waals surface area contributed by atoms with Crippen LogP contribution in [0.25, 0.3) is 0 Å². The van der Waals surface area contributed by atoms with Crippen molar-refractivity contribution in [3.05, 3.63) is 59.7 Å². The van der Waals surface area contributed by atoms with Gasteiger partial charge in [0.05, 0.1) is 19.1 Å². The van der Waals surface area contributed by atoms with Crippen molar-refractivity contribution in [3.8, 4) is 5.75 Å². The van der Waals surface area contributed by atoms with E-state index in [1.54, 1.807) is 38.3 Å². The van der Waals surface area contributed by atoms with Crippen LogP contribution in [0.5, 0.6) is 5.75 Å². The first-order chi connectivity index (χ1) is 14.8. The fraction of sp³-hybridized carbons (Fsp3) is 0.435. The minimum Gasteiger partial charge on any atom is -0.497 e. The molecule has 0 saturated carbocycles. The first kappa shape index (κ1) is 23.1. The molecule has 1 atom stereocenters. The number of nitrogens with one attached hydrogen (secondary N) is 1. The molecule has 0 unspecified atom stereocenters. The van der Waals surface area contributed by atoms with Crippen molar-refractivity contribution in [1.82, 2.24) is 10.2 Å². The van der Waals surface area contributed by atoms with Gasteiger partial charge >= 0.3 is 0 Å². The third-order valence-electron chi connectivity index (χ3n) is 5.48. The molecule has 1 amide bonds. The number of anilines is 1. The molecular weight excluding hydrogens is 414 g/mol. The van der Waals surface area contributed by atoms with Crippen molar-refractivity contribution in [3.63, 3.8) is 0 Å². The summed E-state index contributed by atoms with van der Waals surface area (Å²) in [7, 11) is -2.12. The Balaban J connectivity index is 1.66. The molecule has 7 nitrogen and oxygen atoms in total. The van der Waals surface area contributed by atoms with Gasteiger partial charge in [-0.3, -0.25) is 14.0 Å². The molecule has 0 aromatic heterocycles. The van der Waals surface area contributed by atoms with E-state index in [0.29, 0.717) is 18.0 Å². The Morgan fingerprint density at radius 2 is 1.77 bits per heavy atom. The van der Waals surface area contributed by atoms with Crippen molar-refractivity contribution in [2.45, 2.75) is 38.9 Å². The number of hydrogen-bond donors (Lipinski definition) is 1. The molecule has 0 spiro atoms. The number of rotatable bonds is 9. The number of sulfonamides is 1. The molecule has 2 aromatic rings. The second kappa shape index (κ2) is 10.2. The molecule has 0 radical (unpaired) electrons. The smallest absolute Gasteiger partial charge is 0.243 e. The molecule has 1 saturated heterocycles. The van der Waals surface area contributed by atoms with Crippen LogP contribution in [-0.2, 0) is 27.9 Å². The fourth-order valence-corrected chi connectivity index (χ4v) is 5.09. The molecule has 0 bridgehead atoms. The lowest BCUT2D eigenvalue weighted by molar-refractivity contribution is -0.122. The fourth-order valence-electron chi connectivity index (χ4n) is 3.91. The molecule has 3 rings (SSSR count). The van der Waals surface area contributed by atoms with E-state index in [0.717, 1.165) is 35.8 Å². The van der Waals surface area contributed by atoms with Crippen LogP contribution in [0, 0.1) is 0 Å². The molecule has 0 aliphatic carbocycles. The van der Waals surface area contributed by atoms with Gasteiger partial charge in [0.1, 0.15) is 11.8 Å². The Bertz CT molecular complexity index is 986. The van der Waals surface area contributed by atoms with Crippen molar-refractivity contribution < 1.29 is 17.9 Å². The normalized spacial score (nSPS) is 15.5. The molecule has 8 heteroatoms. The molecular formula is C23H31N3O4S. The number of methoxy groups -OCH3 is 1. The van der Waals surface area contributed by atoms with E-state index in [-0.39, 0.29) is 5.91 Å². The highest BCUT2D eigenvalue weighted by Gasteiger charge is 2.29. The zero-order chi connectivity index (χ0) is 22.4. The summed E-state index contributed by atoms with van der Waals surface area (Å²) in [5.41, 5.74) is 2.63. The predicted octanol–water partition coefficient (Wildman–Crippen LogP) is 2.76. The van der Waals surface area contributed by atoms with E-state index in [4.69, 9.17) is 4.74 Å². The number of carbonyl (C=O) groups excluding carboxylic acids is 1. The van der Waals surface area contributed by atoms with Gasteiger partial charge in [-0.25, -0.2) is 8.42 Å². The summed E-state index contributed by atoms with van der Waals surface area (Å²) in [6.45, 7) is 5.11. The molecule has 1 aliphatic heterocycles. The number of hydrogen-bond acceptors (Lipinski definition) is 5. The lowest BCUT2D eigenvalue weighted by Crippen LogP contribution is -2.47. The number of likely N-dealkylation sites (tertiary alicyclic amines) is 1. The van der Waals surface area contributed by atoms with Gasteiger partial charge < -0.3 is 10.1 Å². The molecule has 1 aliphatic rings. The van der Waals surface area contributed by atoms with Crippen LogP contribution in [0.2, 0.25) is 0 Å². The number of benzene rings is 2. The third-order valence-corrected chi connectivity index (χ3v) is 6.72. The largest absolute Gasteiger partial charge is 0.497 e. The van der Waals surface area contributed by atoms with Gasteiger partial charge in [-0.1, -0.05) is 24.3 Å². The first-order valence-corrected chi connectivity index (χ1v) is 12.3. The number of nitrogens with zero attached hydrogens (tertiary/aromatic N) is 2. The maximum Gasteiger partial charge on any atom is 0.243 e. The second-order valence-corrected chi connectivity index (χ2v) is 9.81. The van der Waals surface area contributed by atoms with Crippen LogP contribution in [0.1, 0.15) is 30.9 Å². The highest BCUT2D eigenvalue weighted by atomic mass is 32.2. The SMILES string of the molecule is COc1ccc(N([C@H](C)C(=O)NCc2cccc(CN3CCCC3)c2)S(C)(=O)=O)cc1. The summed E-state index contributed by atoms with van der Waals surface area (Å²) in [4.78, 5) is 15.2.